The second-order valence-corrected chi connectivity index (χ2v) is 3.13. The van der Waals surface area contributed by atoms with Crippen molar-refractivity contribution in [2.75, 3.05) is 7.11 Å². The van der Waals surface area contributed by atoms with E-state index in [9.17, 15) is 0 Å². The predicted molar refractivity (Wildman–Crippen MR) is 53.6 cm³/mol. The smallest absolute Gasteiger partial charge is 0.159 e. The maximum atomic E-state index is 5.92. The van der Waals surface area contributed by atoms with Crippen molar-refractivity contribution < 1.29 is 4.74 Å². The van der Waals surface area contributed by atoms with Crippen LogP contribution >= 0.6 is 11.6 Å². The Morgan fingerprint density at radius 1 is 1.29 bits per heavy atom. The van der Waals surface area contributed by atoms with Gasteiger partial charge in [0.15, 0.2) is 5.15 Å². The number of hydrogen-bond acceptors (Lipinski definition) is 4. The molecule has 0 atom stereocenters. The van der Waals surface area contributed by atoms with E-state index in [1.54, 1.807) is 26.3 Å². The van der Waals surface area contributed by atoms with Gasteiger partial charge in [-0.15, -0.1) is 0 Å². The summed E-state index contributed by atoms with van der Waals surface area (Å²) >= 11 is 5.92. The van der Waals surface area contributed by atoms with Crippen LogP contribution in [0.15, 0.2) is 12.3 Å². The standard InChI is InChI=1S/C9H8ClN3O/c1-5-12-7-6(14-2)3-4-11-8(7)9(10)13-5/h3-4H,1-2H3. The highest BCUT2D eigenvalue weighted by atomic mass is 35.5. The molecule has 2 aromatic rings. The van der Waals surface area contributed by atoms with E-state index in [4.69, 9.17) is 16.3 Å². The molecule has 0 saturated carbocycles. The van der Waals surface area contributed by atoms with Crippen LogP contribution in [0.3, 0.4) is 0 Å². The van der Waals surface area contributed by atoms with Gasteiger partial charge in [0, 0.05) is 12.3 Å². The Kier molecular flexibility index (Phi) is 2.21. The molecule has 0 N–H and O–H groups in total. The molecule has 2 aromatic heterocycles. The Morgan fingerprint density at radius 3 is 2.79 bits per heavy atom. The van der Waals surface area contributed by atoms with Gasteiger partial charge in [-0.2, -0.15) is 0 Å². The Balaban J connectivity index is 2.86. The maximum absolute atomic E-state index is 5.92. The van der Waals surface area contributed by atoms with Crippen LogP contribution < -0.4 is 4.74 Å². The average molecular weight is 210 g/mol. The fourth-order valence-corrected chi connectivity index (χ4v) is 1.50. The van der Waals surface area contributed by atoms with Gasteiger partial charge in [-0.1, -0.05) is 11.6 Å². The molecule has 0 aromatic carbocycles. The molecule has 0 spiro atoms. The SMILES string of the molecule is COc1ccnc2c(Cl)nc(C)nc12. The molecular formula is C9H8ClN3O. The third-order valence-corrected chi connectivity index (χ3v) is 2.10. The maximum Gasteiger partial charge on any atom is 0.159 e. The second-order valence-electron chi connectivity index (χ2n) is 2.77. The number of aryl methyl sites for hydroxylation is 1. The minimum absolute atomic E-state index is 0.353. The zero-order valence-electron chi connectivity index (χ0n) is 7.78. The number of methoxy groups -OCH3 is 1. The first-order valence-electron chi connectivity index (χ1n) is 4.05. The minimum atomic E-state index is 0.353. The third-order valence-electron chi connectivity index (χ3n) is 1.84. The highest BCUT2D eigenvalue weighted by Crippen LogP contribution is 2.25. The van der Waals surface area contributed by atoms with Gasteiger partial charge >= 0.3 is 0 Å². The van der Waals surface area contributed by atoms with Crippen LogP contribution in [-0.4, -0.2) is 22.1 Å². The fourth-order valence-electron chi connectivity index (χ4n) is 1.24. The van der Waals surface area contributed by atoms with E-state index >= 15 is 0 Å². The lowest BCUT2D eigenvalue weighted by Gasteiger charge is -2.04. The molecule has 14 heavy (non-hydrogen) atoms. The van der Waals surface area contributed by atoms with Gasteiger partial charge < -0.3 is 4.74 Å². The molecule has 0 aliphatic rings. The van der Waals surface area contributed by atoms with Crippen molar-refractivity contribution >= 4 is 22.6 Å². The van der Waals surface area contributed by atoms with Gasteiger partial charge in [0.2, 0.25) is 0 Å². The Morgan fingerprint density at radius 2 is 2.07 bits per heavy atom. The van der Waals surface area contributed by atoms with E-state index in [1.807, 2.05) is 0 Å². The van der Waals surface area contributed by atoms with Gasteiger partial charge in [-0.25, -0.2) is 9.97 Å². The summed E-state index contributed by atoms with van der Waals surface area (Å²) in [6.07, 6.45) is 1.62. The van der Waals surface area contributed by atoms with Gasteiger partial charge in [-0.3, -0.25) is 4.98 Å². The van der Waals surface area contributed by atoms with E-state index in [0.717, 1.165) is 0 Å². The largest absolute Gasteiger partial charge is 0.494 e. The van der Waals surface area contributed by atoms with Crippen molar-refractivity contribution in [1.29, 1.82) is 0 Å². The normalized spacial score (nSPS) is 10.5. The van der Waals surface area contributed by atoms with Crippen LogP contribution in [0.5, 0.6) is 5.75 Å². The van der Waals surface area contributed by atoms with Crippen molar-refractivity contribution in [2.45, 2.75) is 6.92 Å². The van der Waals surface area contributed by atoms with Crippen LogP contribution in [0.1, 0.15) is 5.82 Å². The number of fused-ring (bicyclic) bond motifs is 1. The summed E-state index contributed by atoms with van der Waals surface area (Å²) in [5.74, 6) is 1.26. The van der Waals surface area contributed by atoms with Gasteiger partial charge in [0.25, 0.3) is 0 Å². The molecule has 5 heteroatoms. The van der Waals surface area contributed by atoms with Crippen molar-refractivity contribution in [3.8, 4) is 5.75 Å². The van der Waals surface area contributed by atoms with E-state index in [-0.39, 0.29) is 0 Å². The highest BCUT2D eigenvalue weighted by Gasteiger charge is 2.08. The van der Waals surface area contributed by atoms with Crippen molar-refractivity contribution in [3.05, 3.63) is 23.2 Å². The summed E-state index contributed by atoms with van der Waals surface area (Å²) in [5, 5.41) is 0.353. The van der Waals surface area contributed by atoms with Crippen LogP contribution in [0.4, 0.5) is 0 Å². The molecule has 0 fully saturated rings. The van der Waals surface area contributed by atoms with Crippen molar-refractivity contribution in [2.24, 2.45) is 0 Å². The number of nitrogens with zero attached hydrogens (tertiary/aromatic N) is 3. The number of pyridine rings is 1. The van der Waals surface area contributed by atoms with Gasteiger partial charge in [0.1, 0.15) is 22.6 Å². The van der Waals surface area contributed by atoms with Crippen molar-refractivity contribution in [1.82, 2.24) is 15.0 Å². The van der Waals surface area contributed by atoms with Crippen LogP contribution in [-0.2, 0) is 0 Å². The topological polar surface area (TPSA) is 47.9 Å². The summed E-state index contributed by atoms with van der Waals surface area (Å²) in [6, 6.07) is 1.74. The molecule has 2 heterocycles. The first-order chi connectivity index (χ1) is 6.72. The number of hydrogen-bond donors (Lipinski definition) is 0. The summed E-state index contributed by atoms with van der Waals surface area (Å²) in [7, 11) is 1.58. The van der Waals surface area contributed by atoms with Crippen molar-refractivity contribution in [3.63, 3.8) is 0 Å². The third kappa shape index (κ3) is 1.37. The van der Waals surface area contributed by atoms with Gasteiger partial charge in [0.05, 0.1) is 7.11 Å². The fraction of sp³-hybridized carbons (Fsp3) is 0.222. The molecule has 0 radical (unpaired) electrons. The lowest BCUT2D eigenvalue weighted by molar-refractivity contribution is 0.418. The summed E-state index contributed by atoms with van der Waals surface area (Å²) in [5.41, 5.74) is 1.21. The zero-order valence-corrected chi connectivity index (χ0v) is 8.54. The summed E-state index contributed by atoms with van der Waals surface area (Å²) in [6.45, 7) is 1.78. The average Bonchev–Trinajstić information content (AvgIpc) is 2.17. The Hall–Kier alpha value is -1.42. The summed E-state index contributed by atoms with van der Waals surface area (Å²) in [4.78, 5) is 12.3. The summed E-state index contributed by atoms with van der Waals surface area (Å²) < 4.78 is 5.15. The van der Waals surface area contributed by atoms with Gasteiger partial charge in [-0.05, 0) is 6.92 Å². The molecule has 0 aliphatic carbocycles. The molecule has 2 rings (SSSR count). The number of rotatable bonds is 1. The molecule has 4 nitrogen and oxygen atoms in total. The van der Waals surface area contributed by atoms with Crippen LogP contribution in [0.2, 0.25) is 5.15 Å². The molecular weight excluding hydrogens is 202 g/mol. The van der Waals surface area contributed by atoms with E-state index in [1.165, 1.54) is 0 Å². The molecule has 0 saturated heterocycles. The number of aromatic nitrogens is 3. The second kappa shape index (κ2) is 3.38. The van der Waals surface area contributed by atoms with E-state index in [2.05, 4.69) is 15.0 Å². The van der Waals surface area contributed by atoms with E-state index in [0.29, 0.717) is 27.8 Å². The zero-order chi connectivity index (χ0) is 10.1. The molecule has 0 aliphatic heterocycles. The highest BCUT2D eigenvalue weighted by molar-refractivity contribution is 6.33. The monoisotopic (exact) mass is 209 g/mol. The molecule has 0 bridgehead atoms. The Labute approximate surface area is 85.9 Å². The number of halogens is 1. The lowest BCUT2D eigenvalue weighted by atomic mass is 10.3. The first kappa shape index (κ1) is 9.15. The minimum Gasteiger partial charge on any atom is -0.494 e. The van der Waals surface area contributed by atoms with Crippen LogP contribution in [0, 0.1) is 6.92 Å². The molecule has 72 valence electrons. The number of ether oxygens (including phenoxy) is 1. The predicted octanol–water partition coefficient (Wildman–Crippen LogP) is 2.00. The Bertz CT molecular complexity index is 487. The lowest BCUT2D eigenvalue weighted by Crippen LogP contribution is -1.95. The van der Waals surface area contributed by atoms with Crippen LogP contribution in [0.25, 0.3) is 11.0 Å². The van der Waals surface area contributed by atoms with E-state index < -0.39 is 0 Å². The first-order valence-corrected chi connectivity index (χ1v) is 4.43. The molecule has 0 amide bonds. The quantitative estimate of drug-likeness (QED) is 0.674. The molecule has 0 unspecified atom stereocenters.